The molecule has 2 heterocycles. The van der Waals surface area contributed by atoms with E-state index in [1.54, 1.807) is 17.0 Å². The largest absolute Gasteiger partial charge is 0.493 e. The molecule has 2 N–H and O–H groups in total. The number of nitrogens with one attached hydrogen (secondary N) is 2. The summed E-state index contributed by atoms with van der Waals surface area (Å²) in [5.74, 6) is 0.626. The quantitative estimate of drug-likeness (QED) is 0.605. The number of urea groups is 1. The van der Waals surface area contributed by atoms with Gasteiger partial charge in [0, 0.05) is 29.8 Å². The van der Waals surface area contributed by atoms with Gasteiger partial charge in [-0.25, -0.2) is 9.78 Å². The third kappa shape index (κ3) is 4.44. The molecule has 0 aliphatic carbocycles. The Bertz CT molecular complexity index is 1070. The molecule has 0 spiro atoms. The molecular formula is C22H22N4O3S. The summed E-state index contributed by atoms with van der Waals surface area (Å²) < 4.78 is 5.68. The van der Waals surface area contributed by atoms with Gasteiger partial charge in [-0.1, -0.05) is 18.2 Å². The lowest BCUT2D eigenvalue weighted by atomic mass is 10.2. The molecule has 0 atom stereocenters. The fraction of sp³-hybridized carbons (Fsp3) is 0.227. The summed E-state index contributed by atoms with van der Waals surface area (Å²) in [6, 6.07) is 14.9. The zero-order valence-electron chi connectivity index (χ0n) is 16.6. The zero-order valence-corrected chi connectivity index (χ0v) is 17.4. The minimum absolute atomic E-state index is 0.124. The molecule has 1 aliphatic rings. The standard InChI is InChI=1S/C22H22N4O3S/c1-2-29-19-9-4-3-8-18(19)21-25-16(14-30-21)13-20(27)24-15-6-5-7-17(12-15)26-11-10-23-22(26)28/h3-9,12,14H,2,10-11,13H2,1H3,(H,23,28)(H,24,27). The van der Waals surface area contributed by atoms with Crippen molar-refractivity contribution in [2.75, 3.05) is 29.9 Å². The summed E-state index contributed by atoms with van der Waals surface area (Å²) in [7, 11) is 0. The zero-order chi connectivity index (χ0) is 20.9. The number of benzene rings is 2. The third-order valence-electron chi connectivity index (χ3n) is 4.61. The highest BCUT2D eigenvalue weighted by molar-refractivity contribution is 7.13. The predicted molar refractivity (Wildman–Crippen MR) is 118 cm³/mol. The van der Waals surface area contributed by atoms with Crippen LogP contribution in [0.15, 0.2) is 53.9 Å². The maximum Gasteiger partial charge on any atom is 0.321 e. The Morgan fingerprint density at radius 3 is 2.93 bits per heavy atom. The van der Waals surface area contributed by atoms with Crippen molar-refractivity contribution >= 4 is 34.6 Å². The minimum Gasteiger partial charge on any atom is -0.493 e. The van der Waals surface area contributed by atoms with Crippen molar-refractivity contribution in [3.63, 3.8) is 0 Å². The van der Waals surface area contributed by atoms with Crippen molar-refractivity contribution < 1.29 is 14.3 Å². The van der Waals surface area contributed by atoms with Crippen molar-refractivity contribution in [1.29, 1.82) is 0 Å². The van der Waals surface area contributed by atoms with E-state index < -0.39 is 0 Å². The molecule has 4 rings (SSSR count). The fourth-order valence-electron chi connectivity index (χ4n) is 3.28. The van der Waals surface area contributed by atoms with Crippen LogP contribution in [0.25, 0.3) is 10.6 Å². The highest BCUT2D eigenvalue weighted by Gasteiger charge is 2.21. The first kappa shape index (κ1) is 19.9. The number of carbonyl (C=O) groups is 2. The van der Waals surface area contributed by atoms with Gasteiger partial charge in [0.1, 0.15) is 10.8 Å². The summed E-state index contributed by atoms with van der Waals surface area (Å²) in [6.45, 7) is 3.75. The molecule has 1 aliphatic heterocycles. The number of carbonyl (C=O) groups excluding carboxylic acids is 2. The first-order valence-corrected chi connectivity index (χ1v) is 10.6. The molecule has 2 aromatic carbocycles. The van der Waals surface area contributed by atoms with Gasteiger partial charge in [-0.2, -0.15) is 0 Å². The average Bonchev–Trinajstić information content (AvgIpc) is 3.38. The lowest BCUT2D eigenvalue weighted by Crippen LogP contribution is -2.27. The Morgan fingerprint density at radius 2 is 2.13 bits per heavy atom. The molecule has 0 bridgehead atoms. The number of nitrogens with zero attached hydrogens (tertiary/aromatic N) is 2. The van der Waals surface area contributed by atoms with E-state index in [9.17, 15) is 9.59 Å². The monoisotopic (exact) mass is 422 g/mol. The van der Waals surface area contributed by atoms with Crippen LogP contribution in [0.3, 0.4) is 0 Å². The van der Waals surface area contributed by atoms with Gasteiger partial charge in [-0.15, -0.1) is 11.3 Å². The number of thiazole rings is 1. The second-order valence-corrected chi connectivity index (χ2v) is 7.59. The van der Waals surface area contributed by atoms with E-state index in [0.29, 0.717) is 31.1 Å². The summed E-state index contributed by atoms with van der Waals surface area (Å²) in [5, 5.41) is 8.38. The maximum absolute atomic E-state index is 12.5. The van der Waals surface area contributed by atoms with Crippen LogP contribution >= 0.6 is 11.3 Å². The van der Waals surface area contributed by atoms with E-state index in [2.05, 4.69) is 15.6 Å². The Labute approximate surface area is 178 Å². The molecule has 7 nitrogen and oxygen atoms in total. The number of para-hydroxylation sites is 1. The lowest BCUT2D eigenvalue weighted by Gasteiger charge is -2.15. The van der Waals surface area contributed by atoms with Crippen LogP contribution in [0.5, 0.6) is 5.75 Å². The lowest BCUT2D eigenvalue weighted by molar-refractivity contribution is -0.115. The molecule has 1 aromatic heterocycles. The molecule has 3 aromatic rings. The molecule has 0 radical (unpaired) electrons. The Hall–Kier alpha value is -3.39. The summed E-state index contributed by atoms with van der Waals surface area (Å²) in [4.78, 5) is 30.6. The number of ether oxygens (including phenoxy) is 1. The SMILES string of the molecule is CCOc1ccccc1-c1nc(CC(=O)Nc2cccc(N3CCNC3=O)c2)cs1. The first-order chi connectivity index (χ1) is 14.6. The second-order valence-electron chi connectivity index (χ2n) is 6.73. The van der Waals surface area contributed by atoms with E-state index in [1.807, 2.05) is 48.7 Å². The van der Waals surface area contributed by atoms with Gasteiger partial charge in [0.25, 0.3) is 0 Å². The summed E-state index contributed by atoms with van der Waals surface area (Å²) >= 11 is 1.49. The molecule has 0 unspecified atom stereocenters. The third-order valence-corrected chi connectivity index (χ3v) is 5.53. The van der Waals surface area contributed by atoms with Crippen LogP contribution in [0, 0.1) is 0 Å². The van der Waals surface area contributed by atoms with Crippen molar-refractivity contribution in [3.8, 4) is 16.3 Å². The maximum atomic E-state index is 12.5. The van der Waals surface area contributed by atoms with E-state index in [-0.39, 0.29) is 18.4 Å². The molecule has 30 heavy (non-hydrogen) atoms. The van der Waals surface area contributed by atoms with Crippen LogP contribution in [0.4, 0.5) is 16.2 Å². The number of aromatic nitrogens is 1. The van der Waals surface area contributed by atoms with Crippen molar-refractivity contribution in [2.24, 2.45) is 0 Å². The van der Waals surface area contributed by atoms with Gasteiger partial charge in [0.15, 0.2) is 0 Å². The van der Waals surface area contributed by atoms with Gasteiger partial charge >= 0.3 is 6.03 Å². The molecule has 1 saturated heterocycles. The predicted octanol–water partition coefficient (Wildman–Crippen LogP) is 3.92. The highest BCUT2D eigenvalue weighted by atomic mass is 32.1. The minimum atomic E-state index is -0.159. The van der Waals surface area contributed by atoms with E-state index in [4.69, 9.17) is 4.74 Å². The Balaban J connectivity index is 1.43. The van der Waals surface area contributed by atoms with Crippen LogP contribution < -0.4 is 20.3 Å². The molecule has 3 amide bonds. The van der Waals surface area contributed by atoms with Crippen LogP contribution in [-0.2, 0) is 11.2 Å². The van der Waals surface area contributed by atoms with Crippen molar-refractivity contribution in [2.45, 2.75) is 13.3 Å². The van der Waals surface area contributed by atoms with Gasteiger partial charge in [0.2, 0.25) is 5.91 Å². The first-order valence-electron chi connectivity index (χ1n) is 9.76. The average molecular weight is 423 g/mol. The Kier molecular flexibility index (Phi) is 5.94. The second kappa shape index (κ2) is 8.96. The van der Waals surface area contributed by atoms with Gasteiger partial charge in [-0.05, 0) is 37.3 Å². The van der Waals surface area contributed by atoms with Crippen LogP contribution in [0.1, 0.15) is 12.6 Å². The molecule has 8 heteroatoms. The van der Waals surface area contributed by atoms with Crippen molar-refractivity contribution in [3.05, 3.63) is 59.6 Å². The van der Waals surface area contributed by atoms with Crippen LogP contribution in [-0.4, -0.2) is 36.6 Å². The number of hydrogen-bond acceptors (Lipinski definition) is 5. The smallest absolute Gasteiger partial charge is 0.321 e. The number of amides is 3. The fourth-order valence-corrected chi connectivity index (χ4v) is 4.13. The van der Waals surface area contributed by atoms with Gasteiger partial charge < -0.3 is 15.4 Å². The number of anilines is 2. The van der Waals surface area contributed by atoms with Gasteiger partial charge in [0.05, 0.1) is 24.3 Å². The number of hydrogen-bond donors (Lipinski definition) is 2. The molecule has 1 fully saturated rings. The van der Waals surface area contributed by atoms with Crippen molar-refractivity contribution in [1.82, 2.24) is 10.3 Å². The van der Waals surface area contributed by atoms with E-state index >= 15 is 0 Å². The molecule has 154 valence electrons. The normalized spacial score (nSPS) is 13.2. The molecule has 0 saturated carbocycles. The van der Waals surface area contributed by atoms with Gasteiger partial charge in [-0.3, -0.25) is 9.69 Å². The Morgan fingerprint density at radius 1 is 1.27 bits per heavy atom. The van der Waals surface area contributed by atoms with E-state index in [0.717, 1.165) is 22.0 Å². The van der Waals surface area contributed by atoms with Crippen LogP contribution in [0.2, 0.25) is 0 Å². The topological polar surface area (TPSA) is 83.6 Å². The molecular weight excluding hydrogens is 400 g/mol. The highest BCUT2D eigenvalue weighted by Crippen LogP contribution is 2.32. The van der Waals surface area contributed by atoms with E-state index in [1.165, 1.54) is 11.3 Å². The summed E-state index contributed by atoms with van der Waals surface area (Å²) in [5.41, 5.74) is 3.03. The summed E-state index contributed by atoms with van der Waals surface area (Å²) in [6.07, 6.45) is 0.168. The number of rotatable bonds is 7.